The SMILES string of the molecule is COc1ccc(CN2CC(C)(NC(=O)OCc3ccccc3)C2=O)c(OC)c1. The molecular formula is C21H24N2O5. The van der Waals surface area contributed by atoms with Crippen LogP contribution in [0.4, 0.5) is 4.79 Å². The number of hydrogen-bond donors (Lipinski definition) is 1. The van der Waals surface area contributed by atoms with E-state index in [4.69, 9.17) is 14.2 Å². The molecule has 1 aliphatic heterocycles. The average molecular weight is 384 g/mol. The zero-order chi connectivity index (χ0) is 20.1. The number of β-lactam (4-membered cyclic amide) rings is 1. The van der Waals surface area contributed by atoms with Gasteiger partial charge in [0.2, 0.25) is 5.91 Å². The van der Waals surface area contributed by atoms with Gasteiger partial charge in [0.05, 0.1) is 20.8 Å². The second-order valence-corrected chi connectivity index (χ2v) is 6.86. The smallest absolute Gasteiger partial charge is 0.408 e. The number of nitrogens with one attached hydrogen (secondary N) is 1. The Bertz CT molecular complexity index is 855. The summed E-state index contributed by atoms with van der Waals surface area (Å²) in [6.45, 7) is 2.63. The summed E-state index contributed by atoms with van der Waals surface area (Å²) in [5.74, 6) is 1.17. The molecule has 1 saturated heterocycles. The lowest BCUT2D eigenvalue weighted by molar-refractivity contribution is -0.152. The van der Waals surface area contributed by atoms with Crippen molar-refractivity contribution >= 4 is 12.0 Å². The molecule has 2 aromatic carbocycles. The third-order valence-corrected chi connectivity index (χ3v) is 4.71. The van der Waals surface area contributed by atoms with Gasteiger partial charge in [0.15, 0.2) is 0 Å². The minimum atomic E-state index is -0.965. The minimum absolute atomic E-state index is 0.156. The maximum Gasteiger partial charge on any atom is 0.408 e. The molecule has 1 unspecified atom stereocenters. The summed E-state index contributed by atoms with van der Waals surface area (Å²) in [6, 6.07) is 14.8. The van der Waals surface area contributed by atoms with Gasteiger partial charge in [-0.05, 0) is 24.6 Å². The van der Waals surface area contributed by atoms with Crippen molar-refractivity contribution in [2.75, 3.05) is 20.8 Å². The average Bonchev–Trinajstić information content (AvgIpc) is 2.72. The predicted molar refractivity (Wildman–Crippen MR) is 103 cm³/mol. The van der Waals surface area contributed by atoms with Gasteiger partial charge < -0.3 is 24.4 Å². The second kappa shape index (κ2) is 8.21. The molecule has 0 radical (unpaired) electrons. The summed E-state index contributed by atoms with van der Waals surface area (Å²) in [6.07, 6.45) is -0.610. The van der Waals surface area contributed by atoms with E-state index in [0.717, 1.165) is 11.1 Å². The molecule has 7 heteroatoms. The summed E-state index contributed by atoms with van der Waals surface area (Å²) >= 11 is 0. The Morgan fingerprint density at radius 3 is 2.54 bits per heavy atom. The fourth-order valence-corrected chi connectivity index (χ4v) is 3.17. The van der Waals surface area contributed by atoms with Crippen molar-refractivity contribution in [3.05, 3.63) is 59.7 Å². The minimum Gasteiger partial charge on any atom is -0.497 e. The molecule has 3 rings (SSSR count). The van der Waals surface area contributed by atoms with Gasteiger partial charge in [-0.2, -0.15) is 0 Å². The molecule has 7 nitrogen and oxygen atoms in total. The maximum atomic E-state index is 12.6. The zero-order valence-corrected chi connectivity index (χ0v) is 16.2. The van der Waals surface area contributed by atoms with Crippen molar-refractivity contribution in [3.8, 4) is 11.5 Å². The lowest BCUT2D eigenvalue weighted by Crippen LogP contribution is -2.72. The van der Waals surface area contributed by atoms with E-state index in [-0.39, 0.29) is 12.5 Å². The monoisotopic (exact) mass is 384 g/mol. The zero-order valence-electron chi connectivity index (χ0n) is 16.2. The van der Waals surface area contributed by atoms with Crippen molar-refractivity contribution < 1.29 is 23.8 Å². The van der Waals surface area contributed by atoms with E-state index in [9.17, 15) is 9.59 Å². The van der Waals surface area contributed by atoms with Crippen LogP contribution in [0, 0.1) is 0 Å². The molecule has 0 saturated carbocycles. The standard InChI is InChI=1S/C21H24N2O5/c1-21(22-20(25)28-13-15-7-5-4-6-8-15)14-23(19(21)24)12-16-9-10-17(26-2)11-18(16)27-3/h4-11H,12-14H2,1-3H3,(H,22,25). The van der Waals surface area contributed by atoms with Gasteiger partial charge in [-0.3, -0.25) is 4.79 Å². The highest BCUT2D eigenvalue weighted by Gasteiger charge is 2.49. The third kappa shape index (κ3) is 4.19. The molecule has 0 aliphatic carbocycles. The number of carbonyl (C=O) groups is 2. The number of ether oxygens (including phenoxy) is 3. The fourth-order valence-electron chi connectivity index (χ4n) is 3.17. The van der Waals surface area contributed by atoms with Gasteiger partial charge in [-0.25, -0.2) is 4.79 Å². The van der Waals surface area contributed by atoms with Crippen molar-refractivity contribution in [2.24, 2.45) is 0 Å². The van der Waals surface area contributed by atoms with Crippen LogP contribution in [0.1, 0.15) is 18.1 Å². The van der Waals surface area contributed by atoms with Gasteiger partial charge in [0, 0.05) is 18.2 Å². The van der Waals surface area contributed by atoms with Crippen molar-refractivity contribution in [2.45, 2.75) is 25.6 Å². The Morgan fingerprint density at radius 1 is 1.14 bits per heavy atom. The molecule has 0 spiro atoms. The maximum absolute atomic E-state index is 12.6. The Hall–Kier alpha value is -3.22. The number of benzene rings is 2. The highest BCUT2D eigenvalue weighted by atomic mass is 16.5. The molecule has 1 fully saturated rings. The summed E-state index contributed by atoms with van der Waals surface area (Å²) in [4.78, 5) is 26.3. The molecule has 1 atom stereocenters. The first-order chi connectivity index (χ1) is 13.4. The first kappa shape index (κ1) is 19.5. The first-order valence-electron chi connectivity index (χ1n) is 8.94. The summed E-state index contributed by atoms with van der Waals surface area (Å²) < 4.78 is 15.8. The van der Waals surface area contributed by atoms with E-state index >= 15 is 0 Å². The van der Waals surface area contributed by atoms with Crippen LogP contribution in [-0.4, -0.2) is 43.2 Å². The lowest BCUT2D eigenvalue weighted by atomic mass is 9.90. The van der Waals surface area contributed by atoms with Crippen LogP contribution < -0.4 is 14.8 Å². The topological polar surface area (TPSA) is 77.1 Å². The van der Waals surface area contributed by atoms with Crippen LogP contribution in [0.15, 0.2) is 48.5 Å². The van der Waals surface area contributed by atoms with Crippen molar-refractivity contribution in [1.82, 2.24) is 10.2 Å². The summed E-state index contributed by atoms with van der Waals surface area (Å²) in [5.41, 5.74) is 0.786. The number of alkyl carbamates (subject to hydrolysis) is 1. The summed E-state index contributed by atoms with van der Waals surface area (Å²) in [7, 11) is 3.16. The Balaban J connectivity index is 1.54. The quantitative estimate of drug-likeness (QED) is 0.743. The van der Waals surface area contributed by atoms with E-state index < -0.39 is 11.6 Å². The highest BCUT2D eigenvalue weighted by Crippen LogP contribution is 2.30. The van der Waals surface area contributed by atoms with E-state index in [1.807, 2.05) is 42.5 Å². The van der Waals surface area contributed by atoms with Crippen molar-refractivity contribution in [1.29, 1.82) is 0 Å². The number of amides is 2. The van der Waals surface area contributed by atoms with Crippen LogP contribution in [0.25, 0.3) is 0 Å². The highest BCUT2D eigenvalue weighted by molar-refractivity contribution is 5.95. The van der Waals surface area contributed by atoms with E-state index in [1.165, 1.54) is 0 Å². The van der Waals surface area contributed by atoms with Crippen LogP contribution >= 0.6 is 0 Å². The second-order valence-electron chi connectivity index (χ2n) is 6.86. The van der Waals surface area contributed by atoms with Crippen LogP contribution in [0.2, 0.25) is 0 Å². The largest absolute Gasteiger partial charge is 0.497 e. The number of nitrogens with zero attached hydrogens (tertiary/aromatic N) is 1. The third-order valence-electron chi connectivity index (χ3n) is 4.71. The molecule has 1 aliphatic rings. The van der Waals surface area contributed by atoms with Crippen molar-refractivity contribution in [3.63, 3.8) is 0 Å². The van der Waals surface area contributed by atoms with Crippen LogP contribution in [0.3, 0.4) is 0 Å². The van der Waals surface area contributed by atoms with Gasteiger partial charge in [-0.15, -0.1) is 0 Å². The van der Waals surface area contributed by atoms with E-state index in [2.05, 4.69) is 5.32 Å². The molecular weight excluding hydrogens is 360 g/mol. The molecule has 148 valence electrons. The number of methoxy groups -OCH3 is 2. The molecule has 0 aromatic heterocycles. The molecule has 1 heterocycles. The summed E-state index contributed by atoms with van der Waals surface area (Å²) in [5, 5.41) is 2.67. The van der Waals surface area contributed by atoms with Gasteiger partial charge in [-0.1, -0.05) is 30.3 Å². The van der Waals surface area contributed by atoms with Crippen LogP contribution in [0.5, 0.6) is 11.5 Å². The number of rotatable bonds is 7. The van der Waals surface area contributed by atoms with E-state index in [1.54, 1.807) is 32.1 Å². The Kier molecular flexibility index (Phi) is 5.73. The number of likely N-dealkylation sites (tertiary alicyclic amines) is 1. The Labute approximate surface area is 164 Å². The normalized spacial score (nSPS) is 18.2. The van der Waals surface area contributed by atoms with Gasteiger partial charge in [0.1, 0.15) is 23.6 Å². The lowest BCUT2D eigenvalue weighted by Gasteiger charge is -2.46. The Morgan fingerprint density at radius 2 is 1.89 bits per heavy atom. The van der Waals surface area contributed by atoms with Gasteiger partial charge in [0.25, 0.3) is 0 Å². The molecule has 1 N–H and O–H groups in total. The van der Waals surface area contributed by atoms with E-state index in [0.29, 0.717) is 24.6 Å². The molecule has 0 bridgehead atoms. The van der Waals surface area contributed by atoms with Gasteiger partial charge >= 0.3 is 6.09 Å². The number of hydrogen-bond acceptors (Lipinski definition) is 5. The fraction of sp³-hybridized carbons (Fsp3) is 0.333. The molecule has 28 heavy (non-hydrogen) atoms. The van der Waals surface area contributed by atoms with Crippen LogP contribution in [-0.2, 0) is 22.7 Å². The predicted octanol–water partition coefficient (Wildman–Crippen LogP) is 2.73. The molecule has 2 amide bonds. The molecule has 2 aromatic rings. The first-order valence-corrected chi connectivity index (χ1v) is 8.94. The number of carbonyl (C=O) groups excluding carboxylic acids is 2.